The van der Waals surface area contributed by atoms with Crippen molar-refractivity contribution in [2.75, 3.05) is 6.54 Å². The molecule has 2 rings (SSSR count). The minimum atomic E-state index is -0.561. The zero-order valence-corrected chi connectivity index (χ0v) is 16.7. The number of ketones is 3. The molecule has 1 aromatic carbocycles. The van der Waals surface area contributed by atoms with E-state index in [-0.39, 0.29) is 17.5 Å². The molecule has 0 heterocycles. The summed E-state index contributed by atoms with van der Waals surface area (Å²) in [5.41, 5.74) is 1.02. The van der Waals surface area contributed by atoms with E-state index in [2.05, 4.69) is 5.32 Å². The van der Waals surface area contributed by atoms with Gasteiger partial charge >= 0.3 is 0 Å². The van der Waals surface area contributed by atoms with Gasteiger partial charge in [0, 0.05) is 31.2 Å². The lowest BCUT2D eigenvalue weighted by Crippen LogP contribution is -2.38. The largest absolute Gasteiger partial charge is 0.349 e. The summed E-state index contributed by atoms with van der Waals surface area (Å²) in [6, 6.07) is 9.64. The predicted molar refractivity (Wildman–Crippen MR) is 108 cm³/mol. The van der Waals surface area contributed by atoms with E-state index in [0.717, 1.165) is 37.7 Å². The fourth-order valence-corrected chi connectivity index (χ4v) is 3.83. The van der Waals surface area contributed by atoms with Crippen LogP contribution in [-0.2, 0) is 25.6 Å². The Balaban J connectivity index is 1.71. The molecule has 28 heavy (non-hydrogen) atoms. The molecule has 2 unspecified atom stereocenters. The van der Waals surface area contributed by atoms with Gasteiger partial charge in [0.1, 0.15) is 11.6 Å². The van der Waals surface area contributed by atoms with Crippen LogP contribution in [0.25, 0.3) is 0 Å². The highest BCUT2D eigenvalue weighted by Gasteiger charge is 2.41. The van der Waals surface area contributed by atoms with Gasteiger partial charge in [0.15, 0.2) is 0 Å². The van der Waals surface area contributed by atoms with Crippen LogP contribution in [0, 0.1) is 11.8 Å². The number of hydrogen-bond donors (Lipinski definition) is 1. The summed E-state index contributed by atoms with van der Waals surface area (Å²) in [5, 5.41) is 2.71. The topological polar surface area (TPSA) is 80.3 Å². The second-order valence-electron chi connectivity index (χ2n) is 7.75. The molecule has 5 heteroatoms. The molecule has 1 fully saturated rings. The van der Waals surface area contributed by atoms with Crippen molar-refractivity contribution in [2.45, 2.75) is 64.7 Å². The summed E-state index contributed by atoms with van der Waals surface area (Å²) in [7, 11) is 0. The van der Waals surface area contributed by atoms with Gasteiger partial charge in [-0.25, -0.2) is 0 Å². The van der Waals surface area contributed by atoms with Crippen LogP contribution < -0.4 is 5.32 Å². The van der Waals surface area contributed by atoms with E-state index in [1.807, 2.05) is 30.3 Å². The van der Waals surface area contributed by atoms with E-state index in [4.69, 9.17) is 0 Å². The number of amides is 1. The molecule has 0 radical (unpaired) electrons. The van der Waals surface area contributed by atoms with Crippen LogP contribution >= 0.6 is 0 Å². The van der Waals surface area contributed by atoms with Crippen molar-refractivity contribution in [3.05, 3.63) is 35.9 Å². The number of carbonyl (C=O) groups excluding carboxylic acids is 4. The number of hydrogen-bond acceptors (Lipinski definition) is 4. The predicted octanol–water partition coefficient (Wildman–Crippen LogP) is 3.44. The summed E-state index contributed by atoms with van der Waals surface area (Å²) in [6.45, 7) is 2.08. The Morgan fingerprint density at radius 1 is 1.00 bits per heavy atom. The Kier molecular flexibility index (Phi) is 9.05. The van der Waals surface area contributed by atoms with Gasteiger partial charge in [-0.3, -0.25) is 14.4 Å². The third-order valence-electron chi connectivity index (χ3n) is 5.45. The van der Waals surface area contributed by atoms with Crippen LogP contribution in [0.2, 0.25) is 0 Å². The Morgan fingerprint density at radius 3 is 2.39 bits per heavy atom. The van der Waals surface area contributed by atoms with E-state index >= 15 is 0 Å². The maximum absolute atomic E-state index is 12.6. The smallest absolute Gasteiger partial charge is 0.287 e. The molecule has 0 spiro atoms. The molecule has 1 aromatic rings. The normalized spacial score (nSPS) is 18.8. The molecule has 0 saturated heterocycles. The molecule has 1 aliphatic carbocycles. The van der Waals surface area contributed by atoms with E-state index in [0.29, 0.717) is 32.2 Å². The third-order valence-corrected chi connectivity index (χ3v) is 5.45. The van der Waals surface area contributed by atoms with Gasteiger partial charge in [-0.15, -0.1) is 0 Å². The average Bonchev–Trinajstić information content (AvgIpc) is 3.04. The minimum absolute atomic E-state index is 0.0839. The molecule has 152 valence electrons. The third kappa shape index (κ3) is 7.02. The fraction of sp³-hybridized carbons (Fsp3) is 0.565. The van der Waals surface area contributed by atoms with Crippen LogP contribution in [-0.4, -0.2) is 29.8 Å². The maximum Gasteiger partial charge on any atom is 0.287 e. The highest BCUT2D eigenvalue weighted by molar-refractivity contribution is 6.37. The lowest BCUT2D eigenvalue weighted by Gasteiger charge is -2.17. The second-order valence-corrected chi connectivity index (χ2v) is 7.75. The van der Waals surface area contributed by atoms with Crippen LogP contribution in [0.15, 0.2) is 30.3 Å². The minimum Gasteiger partial charge on any atom is -0.349 e. The van der Waals surface area contributed by atoms with Crippen molar-refractivity contribution in [3.8, 4) is 0 Å². The monoisotopic (exact) mass is 385 g/mol. The molecule has 1 aliphatic rings. The van der Waals surface area contributed by atoms with Gasteiger partial charge in [0.05, 0.1) is 0 Å². The number of nitrogens with one attached hydrogen (secondary N) is 1. The molecule has 0 aromatic heterocycles. The summed E-state index contributed by atoms with van der Waals surface area (Å²) in [5.74, 6) is -1.59. The first-order valence-corrected chi connectivity index (χ1v) is 10.4. The summed E-state index contributed by atoms with van der Waals surface area (Å²) in [6.07, 6.45) is 6.73. The van der Waals surface area contributed by atoms with Crippen molar-refractivity contribution in [1.29, 1.82) is 0 Å². The van der Waals surface area contributed by atoms with Crippen LogP contribution in [0.1, 0.15) is 63.9 Å². The average molecular weight is 386 g/mol. The van der Waals surface area contributed by atoms with Crippen LogP contribution in [0.5, 0.6) is 0 Å². The molecule has 0 aliphatic heterocycles. The molecule has 5 nitrogen and oxygen atoms in total. The zero-order chi connectivity index (χ0) is 20.4. The van der Waals surface area contributed by atoms with Gasteiger partial charge in [0.2, 0.25) is 5.78 Å². The molecule has 1 saturated carbocycles. The molecule has 1 N–H and O–H groups in total. The Labute approximate surface area is 167 Å². The van der Waals surface area contributed by atoms with Crippen LogP contribution in [0.4, 0.5) is 0 Å². The number of carbonyl (C=O) groups is 4. The fourth-order valence-electron chi connectivity index (χ4n) is 3.83. The maximum atomic E-state index is 12.6. The summed E-state index contributed by atoms with van der Waals surface area (Å²) in [4.78, 5) is 47.9. The first-order chi connectivity index (χ1) is 13.5. The van der Waals surface area contributed by atoms with Crippen molar-refractivity contribution in [1.82, 2.24) is 5.32 Å². The quantitative estimate of drug-likeness (QED) is 0.441. The summed E-state index contributed by atoms with van der Waals surface area (Å²) >= 11 is 0. The standard InChI is InChI=1S/C23H31NO4/c1-17(25)10-6-3-2-4-9-15-24-23(28)22(27)19-13-14-21(26)20(19)16-18-11-7-5-8-12-18/h5,7-8,11-12,19-20H,2-4,6,9-10,13-16H2,1H3,(H,24,28). The zero-order valence-electron chi connectivity index (χ0n) is 16.7. The van der Waals surface area contributed by atoms with E-state index < -0.39 is 17.6 Å². The lowest BCUT2D eigenvalue weighted by atomic mass is 9.86. The molecule has 2 atom stereocenters. The molecular weight excluding hydrogens is 354 g/mol. The van der Waals surface area contributed by atoms with Gasteiger partial charge < -0.3 is 10.1 Å². The van der Waals surface area contributed by atoms with Crippen molar-refractivity contribution in [3.63, 3.8) is 0 Å². The van der Waals surface area contributed by atoms with Crippen molar-refractivity contribution < 1.29 is 19.2 Å². The number of rotatable bonds is 12. The Bertz CT molecular complexity index is 683. The van der Waals surface area contributed by atoms with Gasteiger partial charge in [0.25, 0.3) is 5.91 Å². The molecule has 1 amide bonds. The van der Waals surface area contributed by atoms with Crippen molar-refractivity contribution >= 4 is 23.3 Å². The lowest BCUT2D eigenvalue weighted by molar-refractivity contribution is -0.141. The van der Waals surface area contributed by atoms with Gasteiger partial charge in [-0.1, -0.05) is 49.6 Å². The SMILES string of the molecule is CC(=O)CCCCCCCNC(=O)C(=O)C1CCC(=O)C1Cc1ccccc1. The van der Waals surface area contributed by atoms with Gasteiger partial charge in [-0.05, 0) is 38.2 Å². The number of Topliss-reactive ketones (excluding diaryl/α,β-unsaturated/α-hetero) is 3. The number of benzene rings is 1. The van der Waals surface area contributed by atoms with Gasteiger partial charge in [-0.2, -0.15) is 0 Å². The highest BCUT2D eigenvalue weighted by Crippen LogP contribution is 2.32. The Hall–Kier alpha value is -2.30. The number of unbranched alkanes of at least 4 members (excludes halogenated alkanes) is 4. The van der Waals surface area contributed by atoms with E-state index in [9.17, 15) is 19.2 Å². The van der Waals surface area contributed by atoms with Crippen LogP contribution in [0.3, 0.4) is 0 Å². The van der Waals surface area contributed by atoms with E-state index in [1.54, 1.807) is 6.92 Å². The first kappa shape index (κ1) is 22.0. The second kappa shape index (κ2) is 11.5. The van der Waals surface area contributed by atoms with Crippen molar-refractivity contribution in [2.24, 2.45) is 11.8 Å². The first-order valence-electron chi connectivity index (χ1n) is 10.4. The highest BCUT2D eigenvalue weighted by atomic mass is 16.2. The molecular formula is C23H31NO4. The summed E-state index contributed by atoms with van der Waals surface area (Å²) < 4.78 is 0. The molecule has 0 bridgehead atoms. The van der Waals surface area contributed by atoms with E-state index in [1.165, 1.54) is 0 Å². The Morgan fingerprint density at radius 2 is 1.68 bits per heavy atom.